The Bertz CT molecular complexity index is 985. The van der Waals surface area contributed by atoms with E-state index in [1.807, 2.05) is 6.92 Å². The molecule has 1 heterocycles. The van der Waals surface area contributed by atoms with E-state index in [1.165, 1.54) is 11.9 Å². The molecule has 0 radical (unpaired) electrons. The highest BCUT2D eigenvalue weighted by Crippen LogP contribution is 2.18. The van der Waals surface area contributed by atoms with Crippen LogP contribution in [0.15, 0.2) is 42.5 Å². The number of ether oxygens (including phenoxy) is 1. The second-order valence-electron chi connectivity index (χ2n) is 5.72. The van der Waals surface area contributed by atoms with Crippen LogP contribution < -0.4 is 5.32 Å². The number of amides is 1. The quantitative estimate of drug-likeness (QED) is 0.678. The summed E-state index contributed by atoms with van der Waals surface area (Å²) in [6.45, 7) is 1.70. The molecule has 0 aliphatic carbocycles. The van der Waals surface area contributed by atoms with Crippen molar-refractivity contribution in [3.8, 4) is 11.4 Å². The third-order valence-electron chi connectivity index (χ3n) is 3.77. The van der Waals surface area contributed by atoms with Crippen molar-refractivity contribution in [3.05, 3.63) is 58.6 Å². The Labute approximate surface area is 160 Å². The summed E-state index contributed by atoms with van der Waals surface area (Å²) in [5.41, 5.74) is 2.42. The van der Waals surface area contributed by atoms with E-state index in [2.05, 4.69) is 20.7 Å². The highest BCUT2D eigenvalue weighted by molar-refractivity contribution is 6.30. The molecule has 0 aliphatic rings. The molecule has 8 nitrogen and oxygen atoms in total. The van der Waals surface area contributed by atoms with Crippen LogP contribution in [0.1, 0.15) is 15.9 Å². The van der Waals surface area contributed by atoms with E-state index in [1.54, 1.807) is 42.5 Å². The topological polar surface area (TPSA) is 99.0 Å². The van der Waals surface area contributed by atoms with Crippen LogP contribution in [0.2, 0.25) is 5.02 Å². The van der Waals surface area contributed by atoms with Gasteiger partial charge in [0.05, 0.1) is 12.7 Å². The molecule has 1 N–H and O–H groups in total. The molecule has 0 fully saturated rings. The number of tetrazole rings is 1. The summed E-state index contributed by atoms with van der Waals surface area (Å²) in [4.78, 5) is 25.1. The lowest BCUT2D eigenvalue weighted by Crippen LogP contribution is -2.21. The van der Waals surface area contributed by atoms with Crippen molar-refractivity contribution >= 4 is 29.2 Å². The molecular weight excluding hydrogens is 370 g/mol. The number of benzene rings is 2. The number of carbonyl (C=O) groups excluding carboxylic acids is 2. The molecular formula is C18H16ClN5O3. The third-order valence-corrected chi connectivity index (χ3v) is 4.03. The van der Waals surface area contributed by atoms with Crippen LogP contribution in [0.3, 0.4) is 0 Å². The van der Waals surface area contributed by atoms with Crippen molar-refractivity contribution < 1.29 is 14.3 Å². The van der Waals surface area contributed by atoms with Gasteiger partial charge in [-0.1, -0.05) is 17.7 Å². The van der Waals surface area contributed by atoms with Crippen molar-refractivity contribution in [1.29, 1.82) is 0 Å². The van der Waals surface area contributed by atoms with Gasteiger partial charge in [0.1, 0.15) is 6.54 Å². The maximum Gasteiger partial charge on any atom is 0.337 e. The number of hydrogen-bond donors (Lipinski definition) is 1. The van der Waals surface area contributed by atoms with Crippen LogP contribution in [-0.4, -0.2) is 39.2 Å². The van der Waals surface area contributed by atoms with Crippen LogP contribution >= 0.6 is 11.6 Å². The fourth-order valence-corrected chi connectivity index (χ4v) is 2.47. The van der Waals surface area contributed by atoms with E-state index in [4.69, 9.17) is 16.3 Å². The fourth-order valence-electron chi connectivity index (χ4n) is 2.34. The zero-order valence-electron chi connectivity index (χ0n) is 14.6. The normalized spacial score (nSPS) is 10.5. The van der Waals surface area contributed by atoms with Gasteiger partial charge >= 0.3 is 5.97 Å². The van der Waals surface area contributed by atoms with E-state index in [-0.39, 0.29) is 12.5 Å². The predicted octanol–water partition coefficient (Wildman–Crippen LogP) is 2.73. The standard InChI is InChI=1S/C18H16ClN5O3/c1-11-3-4-13(18(26)27-2)9-15(11)20-16(25)10-24-22-17(21-23-24)12-5-7-14(19)8-6-12/h3-9H,10H2,1-2H3,(H,20,25). The Morgan fingerprint density at radius 1 is 1.19 bits per heavy atom. The summed E-state index contributed by atoms with van der Waals surface area (Å²) < 4.78 is 4.69. The monoisotopic (exact) mass is 385 g/mol. The average Bonchev–Trinajstić information content (AvgIpc) is 3.11. The van der Waals surface area contributed by atoms with Crippen molar-refractivity contribution in [2.45, 2.75) is 13.5 Å². The van der Waals surface area contributed by atoms with Gasteiger partial charge in [0.25, 0.3) is 0 Å². The summed E-state index contributed by atoms with van der Waals surface area (Å²) in [6, 6.07) is 11.9. The third kappa shape index (κ3) is 4.48. The minimum Gasteiger partial charge on any atom is -0.465 e. The number of aryl methyl sites for hydroxylation is 1. The van der Waals surface area contributed by atoms with Gasteiger partial charge < -0.3 is 10.1 Å². The number of methoxy groups -OCH3 is 1. The van der Waals surface area contributed by atoms with Gasteiger partial charge in [-0.2, -0.15) is 4.80 Å². The second-order valence-corrected chi connectivity index (χ2v) is 6.16. The molecule has 1 amide bonds. The molecule has 2 aromatic carbocycles. The Morgan fingerprint density at radius 2 is 1.93 bits per heavy atom. The first-order valence-electron chi connectivity index (χ1n) is 7.99. The minimum atomic E-state index is -0.476. The molecule has 1 aromatic heterocycles. The molecule has 0 atom stereocenters. The maximum absolute atomic E-state index is 12.3. The molecule has 0 spiro atoms. The molecule has 138 valence electrons. The number of hydrogen-bond acceptors (Lipinski definition) is 6. The summed E-state index contributed by atoms with van der Waals surface area (Å²) in [7, 11) is 1.30. The second kappa shape index (κ2) is 7.96. The van der Waals surface area contributed by atoms with Gasteiger partial charge in [0, 0.05) is 16.3 Å². The van der Waals surface area contributed by atoms with E-state index in [0.717, 1.165) is 11.1 Å². The number of anilines is 1. The summed E-state index contributed by atoms with van der Waals surface area (Å²) in [5.74, 6) is -0.431. The molecule has 0 bridgehead atoms. The van der Waals surface area contributed by atoms with Crippen LogP contribution in [-0.2, 0) is 16.1 Å². The number of aromatic nitrogens is 4. The average molecular weight is 386 g/mol. The van der Waals surface area contributed by atoms with Crippen LogP contribution in [0.4, 0.5) is 5.69 Å². The summed E-state index contributed by atoms with van der Waals surface area (Å²) in [5, 5.41) is 15.4. The first-order chi connectivity index (χ1) is 13.0. The van der Waals surface area contributed by atoms with E-state index >= 15 is 0 Å². The SMILES string of the molecule is COC(=O)c1ccc(C)c(NC(=O)Cn2nnc(-c3ccc(Cl)cc3)n2)c1. The number of nitrogens with one attached hydrogen (secondary N) is 1. The smallest absolute Gasteiger partial charge is 0.337 e. The first-order valence-corrected chi connectivity index (χ1v) is 8.36. The molecule has 3 rings (SSSR count). The van der Waals surface area contributed by atoms with Gasteiger partial charge in [-0.15, -0.1) is 10.2 Å². The Kier molecular flexibility index (Phi) is 5.46. The minimum absolute atomic E-state index is 0.123. The van der Waals surface area contributed by atoms with Gasteiger partial charge in [0.15, 0.2) is 0 Å². The van der Waals surface area contributed by atoms with Crippen LogP contribution in [0.5, 0.6) is 0 Å². The largest absolute Gasteiger partial charge is 0.465 e. The first kappa shape index (κ1) is 18.5. The molecule has 0 saturated carbocycles. The zero-order valence-corrected chi connectivity index (χ0v) is 15.4. The number of halogens is 1. The lowest BCUT2D eigenvalue weighted by molar-refractivity contribution is -0.117. The molecule has 0 aliphatic heterocycles. The van der Waals surface area contributed by atoms with E-state index < -0.39 is 5.97 Å². The Morgan fingerprint density at radius 3 is 2.63 bits per heavy atom. The Balaban J connectivity index is 1.70. The van der Waals surface area contributed by atoms with Gasteiger partial charge in [-0.05, 0) is 54.1 Å². The molecule has 27 heavy (non-hydrogen) atoms. The van der Waals surface area contributed by atoms with Gasteiger partial charge in [0.2, 0.25) is 11.7 Å². The molecule has 3 aromatic rings. The van der Waals surface area contributed by atoms with Crippen molar-refractivity contribution in [2.75, 3.05) is 12.4 Å². The molecule has 0 saturated heterocycles. The van der Waals surface area contributed by atoms with Crippen molar-refractivity contribution in [3.63, 3.8) is 0 Å². The maximum atomic E-state index is 12.3. The fraction of sp³-hybridized carbons (Fsp3) is 0.167. The molecule has 9 heteroatoms. The van der Waals surface area contributed by atoms with Gasteiger partial charge in [-0.25, -0.2) is 4.79 Å². The highest BCUT2D eigenvalue weighted by Gasteiger charge is 2.13. The predicted molar refractivity (Wildman–Crippen MR) is 99.4 cm³/mol. The van der Waals surface area contributed by atoms with Crippen LogP contribution in [0.25, 0.3) is 11.4 Å². The molecule has 0 unspecified atom stereocenters. The van der Waals surface area contributed by atoms with Gasteiger partial charge in [-0.3, -0.25) is 4.79 Å². The highest BCUT2D eigenvalue weighted by atomic mass is 35.5. The summed E-state index contributed by atoms with van der Waals surface area (Å²) >= 11 is 5.86. The number of carbonyl (C=O) groups is 2. The lowest BCUT2D eigenvalue weighted by atomic mass is 10.1. The Hall–Kier alpha value is -3.26. The summed E-state index contributed by atoms with van der Waals surface area (Å²) in [6.07, 6.45) is 0. The number of esters is 1. The van der Waals surface area contributed by atoms with Crippen LogP contribution in [0, 0.1) is 6.92 Å². The van der Waals surface area contributed by atoms with Crippen molar-refractivity contribution in [2.24, 2.45) is 0 Å². The van der Waals surface area contributed by atoms with Crippen molar-refractivity contribution in [1.82, 2.24) is 20.2 Å². The zero-order chi connectivity index (χ0) is 19.4. The number of nitrogens with zero attached hydrogens (tertiary/aromatic N) is 4. The van der Waals surface area contributed by atoms with E-state index in [9.17, 15) is 9.59 Å². The van der Waals surface area contributed by atoms with E-state index in [0.29, 0.717) is 22.1 Å². The lowest BCUT2D eigenvalue weighted by Gasteiger charge is -2.09. The number of rotatable bonds is 5.